The van der Waals surface area contributed by atoms with Crippen LogP contribution in [0.15, 0.2) is 78.9 Å². The Balaban J connectivity index is 1.90. The summed E-state index contributed by atoms with van der Waals surface area (Å²) in [5.74, 6) is -0.422. The van der Waals surface area contributed by atoms with Crippen molar-refractivity contribution in [2.24, 2.45) is 0 Å². The smallest absolute Gasteiger partial charge is 0.243 e. The van der Waals surface area contributed by atoms with E-state index in [-0.39, 0.29) is 31.3 Å². The number of sulfonamides is 1. The molecule has 0 aromatic heterocycles. The predicted octanol–water partition coefficient (Wildman–Crippen LogP) is 5.40. The Bertz CT molecular complexity index is 1430. The number of hydrogen-bond donors (Lipinski definition) is 1. The molecule has 7 nitrogen and oxygen atoms in total. The number of nitrogens with zero attached hydrogens (tertiary/aromatic N) is 2. The van der Waals surface area contributed by atoms with Crippen molar-refractivity contribution in [1.29, 1.82) is 0 Å². The summed E-state index contributed by atoms with van der Waals surface area (Å²) in [6, 6.07) is 24.2. The molecule has 0 aliphatic heterocycles. The number of carbonyl (C=O) groups excluding carboxylic acids is 2. The summed E-state index contributed by atoms with van der Waals surface area (Å²) in [7, 11) is -3.55. The van der Waals surface area contributed by atoms with Gasteiger partial charge < -0.3 is 10.2 Å². The number of benzene rings is 3. The molecule has 0 aliphatic carbocycles. The quantitative estimate of drug-likeness (QED) is 0.312. The van der Waals surface area contributed by atoms with Gasteiger partial charge in [0.1, 0.15) is 6.04 Å². The van der Waals surface area contributed by atoms with Crippen LogP contribution in [0.4, 0.5) is 5.69 Å². The summed E-state index contributed by atoms with van der Waals surface area (Å²) in [4.78, 5) is 29.3. The van der Waals surface area contributed by atoms with Gasteiger partial charge in [0.2, 0.25) is 21.8 Å². The molecule has 41 heavy (non-hydrogen) atoms. The van der Waals surface area contributed by atoms with Gasteiger partial charge in [-0.1, -0.05) is 72.3 Å². The van der Waals surface area contributed by atoms with Crippen LogP contribution in [0.3, 0.4) is 0 Å². The topological polar surface area (TPSA) is 86.8 Å². The van der Waals surface area contributed by atoms with Crippen LogP contribution in [0.5, 0.6) is 0 Å². The lowest BCUT2D eigenvalue weighted by molar-refractivity contribution is -0.142. The molecular weight excluding hydrogens is 534 g/mol. The standard InChI is InChI=1S/C33H43N3O4S/c1-25-13-10-17-28(21-25)24-35(30(32(38)34-33(3,4)5)23-27-15-8-7-9-16-27)31(37)19-12-20-36(41(6,39)40)29-18-11-14-26(2)22-29/h7-11,13-18,21-22,30H,12,19-20,23-24H2,1-6H3,(H,34,38)/t30-/m0/s1. The van der Waals surface area contributed by atoms with Gasteiger partial charge in [-0.25, -0.2) is 8.42 Å². The number of hydrogen-bond acceptors (Lipinski definition) is 4. The van der Waals surface area contributed by atoms with Crippen LogP contribution in [-0.2, 0) is 32.6 Å². The molecule has 0 fully saturated rings. The first kappa shape index (κ1) is 31.9. The largest absolute Gasteiger partial charge is 0.350 e. The summed E-state index contributed by atoms with van der Waals surface area (Å²) < 4.78 is 26.6. The Hall–Kier alpha value is -3.65. The molecular formula is C33H43N3O4S. The number of nitrogens with one attached hydrogen (secondary N) is 1. The number of anilines is 1. The zero-order valence-corrected chi connectivity index (χ0v) is 25.9. The third-order valence-electron chi connectivity index (χ3n) is 6.65. The average molecular weight is 578 g/mol. The molecule has 220 valence electrons. The molecule has 3 aromatic rings. The van der Waals surface area contributed by atoms with Gasteiger partial charge in [0.25, 0.3) is 0 Å². The van der Waals surface area contributed by atoms with Crippen LogP contribution in [0.1, 0.15) is 55.9 Å². The van der Waals surface area contributed by atoms with Gasteiger partial charge in [-0.3, -0.25) is 13.9 Å². The summed E-state index contributed by atoms with van der Waals surface area (Å²) >= 11 is 0. The number of rotatable bonds is 12. The third-order valence-corrected chi connectivity index (χ3v) is 7.84. The molecule has 0 aliphatic rings. The molecule has 1 atom stereocenters. The Morgan fingerprint density at radius 1 is 0.854 bits per heavy atom. The molecule has 1 N–H and O–H groups in total. The van der Waals surface area contributed by atoms with E-state index in [1.54, 1.807) is 11.0 Å². The first-order valence-electron chi connectivity index (χ1n) is 14.0. The molecule has 3 rings (SSSR count). The molecule has 0 saturated carbocycles. The highest BCUT2D eigenvalue weighted by Gasteiger charge is 2.32. The lowest BCUT2D eigenvalue weighted by Gasteiger charge is -2.34. The Morgan fingerprint density at radius 2 is 1.46 bits per heavy atom. The van der Waals surface area contributed by atoms with Crippen molar-refractivity contribution in [1.82, 2.24) is 10.2 Å². The van der Waals surface area contributed by atoms with E-state index in [4.69, 9.17) is 0 Å². The second kappa shape index (κ2) is 13.8. The van der Waals surface area contributed by atoms with E-state index in [9.17, 15) is 18.0 Å². The monoisotopic (exact) mass is 577 g/mol. The predicted molar refractivity (Wildman–Crippen MR) is 166 cm³/mol. The maximum atomic E-state index is 13.9. The van der Waals surface area contributed by atoms with Crippen LogP contribution in [0.25, 0.3) is 0 Å². The SMILES string of the molecule is Cc1cccc(CN(C(=O)CCCN(c2cccc(C)c2)S(C)(=O)=O)[C@@H](Cc2ccccc2)C(=O)NC(C)(C)C)c1. The number of amides is 2. The highest BCUT2D eigenvalue weighted by Crippen LogP contribution is 2.21. The maximum absolute atomic E-state index is 13.9. The van der Waals surface area contributed by atoms with Gasteiger partial charge in [-0.05, 0) is 69.9 Å². The summed E-state index contributed by atoms with van der Waals surface area (Å²) in [5, 5.41) is 3.07. The maximum Gasteiger partial charge on any atom is 0.243 e. The molecule has 0 saturated heterocycles. The van der Waals surface area contributed by atoms with Gasteiger partial charge >= 0.3 is 0 Å². The van der Waals surface area contributed by atoms with Gasteiger partial charge in [-0.2, -0.15) is 0 Å². The summed E-state index contributed by atoms with van der Waals surface area (Å²) in [6.45, 7) is 10.1. The van der Waals surface area contributed by atoms with Gasteiger partial charge in [0.15, 0.2) is 0 Å². The van der Waals surface area contributed by atoms with Crippen LogP contribution >= 0.6 is 0 Å². The lowest BCUT2D eigenvalue weighted by atomic mass is 10.00. The minimum atomic E-state index is -3.55. The van der Waals surface area contributed by atoms with Crippen molar-refractivity contribution < 1.29 is 18.0 Å². The minimum Gasteiger partial charge on any atom is -0.350 e. The van der Waals surface area contributed by atoms with Crippen LogP contribution in [0, 0.1) is 13.8 Å². The first-order valence-corrected chi connectivity index (χ1v) is 15.8. The van der Waals surface area contributed by atoms with Crippen molar-refractivity contribution in [3.63, 3.8) is 0 Å². The van der Waals surface area contributed by atoms with Gasteiger partial charge in [0.05, 0.1) is 11.9 Å². The van der Waals surface area contributed by atoms with E-state index in [0.717, 1.165) is 22.3 Å². The Labute approximate surface area is 245 Å². The first-order chi connectivity index (χ1) is 19.2. The molecule has 0 spiro atoms. The average Bonchev–Trinajstić information content (AvgIpc) is 2.87. The summed E-state index contributed by atoms with van der Waals surface area (Å²) in [5.41, 5.74) is 3.99. The molecule has 8 heteroatoms. The molecule has 2 amide bonds. The fraction of sp³-hybridized carbons (Fsp3) is 0.394. The Kier molecular flexibility index (Phi) is 10.7. The molecule has 0 unspecified atom stereocenters. The van der Waals surface area contributed by atoms with Crippen molar-refractivity contribution in [2.45, 2.75) is 72.0 Å². The van der Waals surface area contributed by atoms with Gasteiger partial charge in [-0.15, -0.1) is 0 Å². The summed E-state index contributed by atoms with van der Waals surface area (Å²) in [6.07, 6.45) is 1.94. The fourth-order valence-corrected chi connectivity index (χ4v) is 5.76. The minimum absolute atomic E-state index is 0.0950. The third kappa shape index (κ3) is 10.0. The van der Waals surface area contributed by atoms with Crippen LogP contribution < -0.4 is 9.62 Å². The number of carbonyl (C=O) groups is 2. The van der Waals surface area contributed by atoms with Crippen LogP contribution in [0.2, 0.25) is 0 Å². The zero-order chi connectivity index (χ0) is 30.2. The zero-order valence-electron chi connectivity index (χ0n) is 25.1. The van der Waals surface area contributed by atoms with Crippen LogP contribution in [-0.4, -0.2) is 49.5 Å². The second-order valence-corrected chi connectivity index (χ2v) is 13.6. The lowest BCUT2D eigenvalue weighted by Crippen LogP contribution is -2.54. The van der Waals surface area contributed by atoms with Gasteiger partial charge in [0, 0.05) is 31.5 Å². The molecule has 0 heterocycles. The fourth-order valence-electron chi connectivity index (χ4n) is 4.80. The Morgan fingerprint density at radius 3 is 2.05 bits per heavy atom. The van der Waals surface area contributed by atoms with Crippen molar-refractivity contribution in [2.75, 3.05) is 17.1 Å². The van der Waals surface area contributed by atoms with E-state index in [1.807, 2.05) is 107 Å². The molecule has 0 bridgehead atoms. The van der Waals surface area contributed by atoms with E-state index in [0.29, 0.717) is 18.5 Å². The number of aryl methyl sites for hydroxylation is 2. The van der Waals surface area contributed by atoms with Crippen molar-refractivity contribution >= 4 is 27.5 Å². The highest BCUT2D eigenvalue weighted by atomic mass is 32.2. The second-order valence-electron chi connectivity index (χ2n) is 11.7. The molecule has 0 radical (unpaired) electrons. The van der Waals surface area contributed by atoms with Crippen molar-refractivity contribution in [3.8, 4) is 0 Å². The van der Waals surface area contributed by atoms with Crippen molar-refractivity contribution in [3.05, 3.63) is 101 Å². The highest BCUT2D eigenvalue weighted by molar-refractivity contribution is 7.92. The molecule has 3 aromatic carbocycles. The van der Waals surface area contributed by atoms with E-state index >= 15 is 0 Å². The van der Waals surface area contributed by atoms with E-state index in [2.05, 4.69) is 5.32 Å². The normalized spacial score (nSPS) is 12.4. The van der Waals surface area contributed by atoms with E-state index < -0.39 is 21.6 Å². The van der Waals surface area contributed by atoms with E-state index in [1.165, 1.54) is 10.6 Å².